The molecule has 0 aromatic heterocycles. The first kappa shape index (κ1) is 25.2. The Morgan fingerprint density at radius 3 is 2.36 bits per heavy atom. The third-order valence-electron chi connectivity index (χ3n) is 6.46. The van der Waals surface area contributed by atoms with Gasteiger partial charge in [-0.2, -0.15) is 0 Å². The molecule has 0 spiro atoms. The molecule has 1 aliphatic heterocycles. The molecule has 2 aromatic rings. The smallest absolute Gasteiger partial charge is 0.340 e. The lowest BCUT2D eigenvalue weighted by Gasteiger charge is -2.38. The molecule has 8 nitrogen and oxygen atoms in total. The van der Waals surface area contributed by atoms with Crippen LogP contribution in [0.2, 0.25) is 0 Å². The van der Waals surface area contributed by atoms with E-state index in [1.54, 1.807) is 20.3 Å². The summed E-state index contributed by atoms with van der Waals surface area (Å²) >= 11 is 0. The molecular weight excluding hydrogens is 462 g/mol. The highest BCUT2D eigenvalue weighted by Crippen LogP contribution is 2.48. The van der Waals surface area contributed by atoms with Crippen molar-refractivity contribution in [3.8, 4) is 17.2 Å². The molecule has 4 rings (SSSR count). The van der Waals surface area contributed by atoms with Gasteiger partial charge in [0.25, 0.3) is 0 Å². The van der Waals surface area contributed by atoms with Crippen LogP contribution in [0.4, 0.5) is 0 Å². The maximum atomic E-state index is 13.3. The van der Waals surface area contributed by atoms with Crippen molar-refractivity contribution in [3.05, 3.63) is 76.4 Å². The normalized spacial score (nSPS) is 18.8. The van der Waals surface area contributed by atoms with Crippen molar-refractivity contribution in [2.24, 2.45) is 11.1 Å². The number of carbonyl (C=O) groups is 2. The van der Waals surface area contributed by atoms with Gasteiger partial charge in [-0.15, -0.1) is 0 Å². The van der Waals surface area contributed by atoms with Crippen LogP contribution in [0.1, 0.15) is 43.7 Å². The standard InChI is InChI=1S/C28H31NO7/c1-28(2)13-20(30)24-22(14-28)36-26(29)25(27(31)34-5)23(24)16-6-7-17(21(12-16)33-4)15-35-19-10-8-18(32-3)9-11-19/h6-12,23H,13-15,29H2,1-5H3. The Labute approximate surface area is 210 Å². The number of ether oxygens (including phenoxy) is 5. The maximum absolute atomic E-state index is 13.3. The molecule has 0 fully saturated rings. The van der Waals surface area contributed by atoms with E-state index in [1.165, 1.54) is 7.11 Å². The van der Waals surface area contributed by atoms with E-state index < -0.39 is 11.9 Å². The van der Waals surface area contributed by atoms with Gasteiger partial charge >= 0.3 is 5.97 Å². The maximum Gasteiger partial charge on any atom is 0.340 e. The van der Waals surface area contributed by atoms with Gasteiger partial charge in [0.15, 0.2) is 5.78 Å². The summed E-state index contributed by atoms with van der Waals surface area (Å²) in [4.78, 5) is 26.1. The van der Waals surface area contributed by atoms with E-state index in [0.29, 0.717) is 41.2 Å². The fraction of sp³-hybridized carbons (Fsp3) is 0.357. The fourth-order valence-corrected chi connectivity index (χ4v) is 4.72. The van der Waals surface area contributed by atoms with Crippen LogP contribution in [0.15, 0.2) is 65.3 Å². The largest absolute Gasteiger partial charge is 0.497 e. The molecule has 8 heteroatoms. The van der Waals surface area contributed by atoms with Crippen molar-refractivity contribution >= 4 is 11.8 Å². The molecule has 36 heavy (non-hydrogen) atoms. The number of hydrogen-bond acceptors (Lipinski definition) is 8. The minimum atomic E-state index is -0.727. The lowest BCUT2D eigenvalue weighted by atomic mass is 9.70. The summed E-state index contributed by atoms with van der Waals surface area (Å²) in [5, 5.41) is 0. The number of rotatable bonds is 7. The summed E-state index contributed by atoms with van der Waals surface area (Å²) in [5.74, 6) is 0.971. The number of methoxy groups -OCH3 is 3. The number of ketones is 1. The number of esters is 1. The van der Waals surface area contributed by atoms with Crippen molar-refractivity contribution in [1.82, 2.24) is 0 Å². The second-order valence-electron chi connectivity index (χ2n) is 9.62. The van der Waals surface area contributed by atoms with Crippen LogP contribution in [0, 0.1) is 5.41 Å². The molecule has 2 aliphatic rings. The quantitative estimate of drug-likeness (QED) is 0.567. The number of Topliss-reactive ketones (excluding diaryl/α,β-unsaturated/α-hetero) is 1. The summed E-state index contributed by atoms with van der Waals surface area (Å²) < 4.78 is 27.6. The Morgan fingerprint density at radius 1 is 1.03 bits per heavy atom. The summed E-state index contributed by atoms with van der Waals surface area (Å²) in [6, 6.07) is 12.8. The van der Waals surface area contributed by atoms with Crippen molar-refractivity contribution in [1.29, 1.82) is 0 Å². The predicted molar refractivity (Wildman–Crippen MR) is 132 cm³/mol. The number of hydrogen-bond donors (Lipinski definition) is 1. The molecule has 0 bridgehead atoms. The van der Waals surface area contributed by atoms with Crippen molar-refractivity contribution in [2.45, 2.75) is 39.2 Å². The molecule has 1 atom stereocenters. The lowest BCUT2D eigenvalue weighted by Crippen LogP contribution is -2.35. The third-order valence-corrected chi connectivity index (χ3v) is 6.46. The zero-order valence-electron chi connectivity index (χ0n) is 21.2. The molecular formula is C28H31NO7. The first-order chi connectivity index (χ1) is 17.2. The third kappa shape index (κ3) is 4.89. The van der Waals surface area contributed by atoms with Gasteiger partial charge in [-0.3, -0.25) is 4.79 Å². The Hall–Kier alpha value is -3.94. The molecule has 1 heterocycles. The van der Waals surface area contributed by atoms with Crippen LogP contribution in [0.5, 0.6) is 17.2 Å². The van der Waals surface area contributed by atoms with Gasteiger partial charge in [0.1, 0.15) is 35.2 Å². The molecule has 0 amide bonds. The van der Waals surface area contributed by atoms with Gasteiger partial charge in [-0.25, -0.2) is 4.79 Å². The van der Waals surface area contributed by atoms with Crippen molar-refractivity contribution in [2.75, 3.05) is 21.3 Å². The Balaban J connectivity index is 1.71. The second kappa shape index (κ2) is 9.97. The van der Waals surface area contributed by atoms with Crippen LogP contribution >= 0.6 is 0 Å². The number of carbonyl (C=O) groups excluding carboxylic acids is 2. The van der Waals surface area contributed by atoms with Gasteiger partial charge in [0.05, 0.1) is 27.2 Å². The minimum absolute atomic E-state index is 0.0537. The topological polar surface area (TPSA) is 106 Å². The average Bonchev–Trinajstić information content (AvgIpc) is 2.85. The zero-order chi connectivity index (χ0) is 26.0. The first-order valence-corrected chi connectivity index (χ1v) is 11.6. The number of nitrogens with two attached hydrogens (primary N) is 1. The fourth-order valence-electron chi connectivity index (χ4n) is 4.72. The van der Waals surface area contributed by atoms with E-state index in [-0.39, 0.29) is 29.3 Å². The molecule has 1 unspecified atom stereocenters. The van der Waals surface area contributed by atoms with E-state index in [0.717, 1.165) is 11.3 Å². The van der Waals surface area contributed by atoms with Gasteiger partial charge in [-0.05, 0) is 41.3 Å². The second-order valence-corrected chi connectivity index (χ2v) is 9.62. The lowest BCUT2D eigenvalue weighted by molar-refractivity contribution is -0.136. The minimum Gasteiger partial charge on any atom is -0.497 e. The summed E-state index contributed by atoms with van der Waals surface area (Å²) in [6.45, 7) is 4.26. The molecule has 0 radical (unpaired) electrons. The summed E-state index contributed by atoms with van der Waals surface area (Å²) in [6.07, 6.45) is 0.871. The highest BCUT2D eigenvalue weighted by molar-refractivity contribution is 6.03. The Bertz CT molecular complexity index is 1240. The van der Waals surface area contributed by atoms with Crippen LogP contribution in [-0.2, 0) is 25.7 Å². The van der Waals surface area contributed by atoms with Gasteiger partial charge in [-0.1, -0.05) is 26.0 Å². The molecule has 1 aliphatic carbocycles. The zero-order valence-corrected chi connectivity index (χ0v) is 21.2. The van der Waals surface area contributed by atoms with Crippen LogP contribution in [-0.4, -0.2) is 33.1 Å². The molecule has 0 saturated heterocycles. The summed E-state index contributed by atoms with van der Waals surface area (Å²) in [7, 11) is 4.44. The monoisotopic (exact) mass is 493 g/mol. The molecule has 190 valence electrons. The molecule has 2 N–H and O–H groups in total. The van der Waals surface area contributed by atoms with E-state index in [9.17, 15) is 9.59 Å². The molecule has 2 aromatic carbocycles. The SMILES string of the molecule is COC(=O)C1=C(N)OC2=C(C(=O)CC(C)(C)C2)C1c1ccc(COc2ccc(OC)cc2)c(OC)c1. The van der Waals surface area contributed by atoms with Crippen molar-refractivity contribution < 1.29 is 33.3 Å². The predicted octanol–water partition coefficient (Wildman–Crippen LogP) is 4.38. The van der Waals surface area contributed by atoms with Gasteiger partial charge in [0.2, 0.25) is 5.88 Å². The average molecular weight is 494 g/mol. The van der Waals surface area contributed by atoms with E-state index >= 15 is 0 Å². The van der Waals surface area contributed by atoms with Crippen molar-refractivity contribution in [3.63, 3.8) is 0 Å². The van der Waals surface area contributed by atoms with Crippen LogP contribution < -0.4 is 19.9 Å². The van der Waals surface area contributed by atoms with E-state index in [2.05, 4.69) is 0 Å². The van der Waals surface area contributed by atoms with Crippen LogP contribution in [0.3, 0.4) is 0 Å². The highest BCUT2D eigenvalue weighted by Gasteiger charge is 2.45. The first-order valence-electron chi connectivity index (χ1n) is 11.6. The van der Waals surface area contributed by atoms with E-state index in [4.69, 9.17) is 29.4 Å². The molecule has 0 saturated carbocycles. The highest BCUT2D eigenvalue weighted by atomic mass is 16.5. The van der Waals surface area contributed by atoms with E-state index in [1.807, 2.05) is 50.2 Å². The Kier molecular flexibility index (Phi) is 6.97. The number of benzene rings is 2. The summed E-state index contributed by atoms with van der Waals surface area (Å²) in [5.41, 5.74) is 7.95. The van der Waals surface area contributed by atoms with Gasteiger partial charge in [0, 0.05) is 24.0 Å². The van der Waals surface area contributed by atoms with Crippen LogP contribution in [0.25, 0.3) is 0 Å². The van der Waals surface area contributed by atoms with Gasteiger partial charge < -0.3 is 29.4 Å². The number of allylic oxidation sites excluding steroid dienone is 2. The Morgan fingerprint density at radius 2 is 1.72 bits per heavy atom.